The van der Waals surface area contributed by atoms with Crippen LogP contribution in [-0.2, 0) is 4.74 Å². The summed E-state index contributed by atoms with van der Waals surface area (Å²) < 4.78 is 4.27. The Kier molecular flexibility index (Phi) is 7.27. The van der Waals surface area contributed by atoms with E-state index in [1.807, 2.05) is 0 Å². The summed E-state index contributed by atoms with van der Waals surface area (Å²) in [5.74, 6) is 0. The second-order valence-corrected chi connectivity index (χ2v) is 3.24. The molecule has 0 unspecified atom stereocenters. The van der Waals surface area contributed by atoms with Gasteiger partial charge in [-0.05, 0) is 20.8 Å². The third-order valence-electron chi connectivity index (χ3n) is 1.21. The van der Waals surface area contributed by atoms with E-state index in [0.717, 1.165) is 7.11 Å². The third kappa shape index (κ3) is 4.97. The monoisotopic (exact) mass is 213 g/mol. The number of carbonyl (C=O) groups is 2. The summed E-state index contributed by atoms with van der Waals surface area (Å²) in [5.41, 5.74) is -0.841. The molecule has 6 heteroatoms. The average Bonchev–Trinajstić information content (AvgIpc) is 1.83. The van der Waals surface area contributed by atoms with Gasteiger partial charge in [0.05, 0.1) is 7.11 Å². The Morgan fingerprint density at radius 3 is 1.77 bits per heavy atom. The summed E-state index contributed by atoms with van der Waals surface area (Å²) in [5, 5.41) is 10.5. The molecule has 2 amide bonds. The molecule has 0 aromatic carbocycles. The molecule has 0 aromatic rings. The number of imide groups is 1. The molecule has 0 aliphatic carbocycles. The molecular formula is C7H12KNO4. The largest absolute Gasteiger partial charge is 1.00 e. The minimum atomic E-state index is -1.56. The number of methoxy groups -OCH3 is 1. The number of amides is 2. The number of rotatable bonds is 0. The van der Waals surface area contributed by atoms with Crippen molar-refractivity contribution in [2.75, 3.05) is 7.11 Å². The van der Waals surface area contributed by atoms with Crippen LogP contribution in [0.4, 0.5) is 9.59 Å². The van der Waals surface area contributed by atoms with Gasteiger partial charge in [0.15, 0.2) is 0 Å². The third-order valence-corrected chi connectivity index (χ3v) is 1.21. The molecule has 0 N–H and O–H groups in total. The first kappa shape index (κ1) is 15.8. The van der Waals surface area contributed by atoms with Crippen molar-refractivity contribution in [2.45, 2.75) is 26.3 Å². The molecule has 0 aromatic heterocycles. The molecule has 0 saturated heterocycles. The van der Waals surface area contributed by atoms with Crippen molar-refractivity contribution < 1.29 is 70.8 Å². The van der Waals surface area contributed by atoms with Crippen LogP contribution in [0, 0.1) is 0 Å². The van der Waals surface area contributed by atoms with E-state index in [-0.39, 0.29) is 51.4 Å². The summed E-state index contributed by atoms with van der Waals surface area (Å²) in [7, 11) is 1.12. The van der Waals surface area contributed by atoms with Crippen LogP contribution in [0.3, 0.4) is 0 Å². The van der Waals surface area contributed by atoms with Crippen LogP contribution in [-0.4, -0.2) is 29.7 Å². The van der Waals surface area contributed by atoms with Gasteiger partial charge in [-0.25, -0.2) is 4.79 Å². The predicted molar refractivity (Wildman–Crippen MR) is 39.4 cm³/mol. The molecule has 0 atom stereocenters. The van der Waals surface area contributed by atoms with E-state index in [9.17, 15) is 14.7 Å². The molecule has 0 heterocycles. The topological polar surface area (TPSA) is 69.7 Å². The van der Waals surface area contributed by atoms with Gasteiger partial charge in [0.2, 0.25) is 0 Å². The van der Waals surface area contributed by atoms with E-state index in [1.54, 1.807) is 20.8 Å². The summed E-state index contributed by atoms with van der Waals surface area (Å²) in [6.07, 6.45) is -2.49. The van der Waals surface area contributed by atoms with Gasteiger partial charge in [0.25, 0.3) is 0 Å². The molecule has 0 aliphatic heterocycles. The maximum Gasteiger partial charge on any atom is 1.00 e. The number of hydrogen-bond donors (Lipinski definition) is 0. The number of nitrogens with zero attached hydrogens (tertiary/aromatic N) is 1. The van der Waals surface area contributed by atoms with Gasteiger partial charge in [0.1, 0.15) is 6.09 Å². The van der Waals surface area contributed by atoms with E-state index in [1.165, 1.54) is 0 Å². The fraction of sp³-hybridized carbons (Fsp3) is 0.714. The minimum absolute atomic E-state index is 0. The predicted octanol–water partition coefficient (Wildman–Crippen LogP) is -2.80. The first-order valence-corrected chi connectivity index (χ1v) is 3.40. The average molecular weight is 213 g/mol. The zero-order chi connectivity index (χ0) is 9.94. The van der Waals surface area contributed by atoms with Crippen LogP contribution in [0.15, 0.2) is 0 Å². The van der Waals surface area contributed by atoms with Crippen molar-refractivity contribution in [3.63, 3.8) is 0 Å². The summed E-state index contributed by atoms with van der Waals surface area (Å²) in [6.45, 7) is 4.71. The van der Waals surface area contributed by atoms with Crippen LogP contribution in [0.2, 0.25) is 0 Å². The molecule has 0 spiro atoms. The Labute approximate surface area is 120 Å². The second-order valence-electron chi connectivity index (χ2n) is 3.24. The van der Waals surface area contributed by atoms with E-state index < -0.39 is 17.7 Å². The molecule has 0 fully saturated rings. The summed E-state index contributed by atoms with van der Waals surface area (Å²) >= 11 is 0. The van der Waals surface area contributed by atoms with Crippen molar-refractivity contribution in [3.8, 4) is 0 Å². The zero-order valence-corrected chi connectivity index (χ0v) is 11.7. The molecule has 0 aliphatic rings. The van der Waals surface area contributed by atoms with Crippen LogP contribution in [0.25, 0.3) is 0 Å². The van der Waals surface area contributed by atoms with Gasteiger partial charge >= 0.3 is 57.5 Å². The van der Waals surface area contributed by atoms with Crippen molar-refractivity contribution in [2.24, 2.45) is 0 Å². The Morgan fingerprint density at radius 2 is 1.69 bits per heavy atom. The smallest absolute Gasteiger partial charge is 0.529 e. The summed E-state index contributed by atoms with van der Waals surface area (Å²) in [4.78, 5) is 21.9. The maximum absolute atomic E-state index is 10.9. The Bertz CT molecular complexity index is 199. The summed E-state index contributed by atoms with van der Waals surface area (Å²) in [6, 6.07) is 0. The Hall–Kier alpha value is 0.376. The van der Waals surface area contributed by atoms with Gasteiger partial charge in [-0.1, -0.05) is 0 Å². The number of ether oxygens (including phenoxy) is 1. The maximum atomic E-state index is 10.9. The van der Waals surface area contributed by atoms with Crippen molar-refractivity contribution in [1.29, 1.82) is 0 Å². The van der Waals surface area contributed by atoms with Crippen molar-refractivity contribution in [1.82, 2.24) is 4.90 Å². The molecule has 13 heavy (non-hydrogen) atoms. The van der Waals surface area contributed by atoms with E-state index in [4.69, 9.17) is 0 Å². The molecule has 0 radical (unpaired) electrons. The second kappa shape index (κ2) is 5.97. The standard InChI is InChI=1S/C7H13NO4.K/c1-7(2,3)8(5(9)10)6(11)12-4;/h1-4H3,(H,9,10);/q;+1/p-1. The van der Waals surface area contributed by atoms with Crippen LogP contribution < -0.4 is 56.5 Å². The van der Waals surface area contributed by atoms with Crippen molar-refractivity contribution in [3.05, 3.63) is 0 Å². The quantitative estimate of drug-likeness (QED) is 0.408. The SMILES string of the molecule is COC(=O)N(C(=O)[O-])C(C)(C)C.[K+]. The molecule has 70 valence electrons. The van der Waals surface area contributed by atoms with Crippen LogP contribution in [0.1, 0.15) is 20.8 Å². The van der Waals surface area contributed by atoms with Crippen LogP contribution in [0.5, 0.6) is 0 Å². The molecule has 0 bridgehead atoms. The van der Waals surface area contributed by atoms with Gasteiger partial charge in [-0.3, -0.25) is 4.90 Å². The first-order chi connectivity index (χ1) is 5.30. The molecule has 0 rings (SSSR count). The van der Waals surface area contributed by atoms with E-state index in [2.05, 4.69) is 4.74 Å². The van der Waals surface area contributed by atoms with Crippen molar-refractivity contribution >= 4 is 12.2 Å². The first-order valence-electron chi connectivity index (χ1n) is 3.40. The molecule has 5 nitrogen and oxygen atoms in total. The normalized spacial score (nSPS) is 9.85. The Balaban J connectivity index is 0. The number of carboxylic acid groups (broad SMARTS) is 1. The molecular weight excluding hydrogens is 201 g/mol. The van der Waals surface area contributed by atoms with Gasteiger partial charge in [0, 0.05) is 5.54 Å². The van der Waals surface area contributed by atoms with E-state index in [0.29, 0.717) is 4.90 Å². The van der Waals surface area contributed by atoms with Gasteiger partial charge in [-0.2, -0.15) is 0 Å². The van der Waals surface area contributed by atoms with Gasteiger partial charge in [-0.15, -0.1) is 0 Å². The van der Waals surface area contributed by atoms with Crippen LogP contribution >= 0.6 is 0 Å². The number of carbonyl (C=O) groups excluding carboxylic acids is 2. The number of hydrogen-bond acceptors (Lipinski definition) is 4. The molecule has 0 saturated carbocycles. The minimum Gasteiger partial charge on any atom is -0.529 e. The van der Waals surface area contributed by atoms with Gasteiger partial charge < -0.3 is 14.6 Å². The van der Waals surface area contributed by atoms with E-state index >= 15 is 0 Å². The Morgan fingerprint density at radius 1 is 1.31 bits per heavy atom. The fourth-order valence-corrected chi connectivity index (χ4v) is 0.714. The zero-order valence-electron chi connectivity index (χ0n) is 8.58. The fourth-order valence-electron chi connectivity index (χ4n) is 0.714.